The maximum absolute atomic E-state index is 11.9. The lowest BCUT2D eigenvalue weighted by molar-refractivity contribution is 0.0963. The van der Waals surface area contributed by atoms with E-state index < -0.39 is 0 Å². The van der Waals surface area contributed by atoms with Crippen molar-refractivity contribution in [2.24, 2.45) is 4.99 Å². The van der Waals surface area contributed by atoms with Gasteiger partial charge in [-0.25, -0.2) is 4.79 Å². The number of nitrogens with zero attached hydrogens (tertiary/aromatic N) is 2. The fraction of sp³-hybridized carbons (Fsp3) is 0.652. The maximum atomic E-state index is 11.9. The fourth-order valence-corrected chi connectivity index (χ4v) is 4.10. The van der Waals surface area contributed by atoms with Crippen molar-refractivity contribution in [3.63, 3.8) is 0 Å². The molecule has 32 heavy (non-hydrogen) atoms. The van der Waals surface area contributed by atoms with E-state index in [1.165, 1.54) is 12.8 Å². The Kier molecular flexibility index (Phi) is 11.2. The minimum atomic E-state index is -0.224. The van der Waals surface area contributed by atoms with E-state index in [1.54, 1.807) is 19.1 Å². The van der Waals surface area contributed by atoms with E-state index >= 15 is 0 Å². The monoisotopic (exact) mass is 560 g/mol. The second-order valence-corrected chi connectivity index (χ2v) is 8.04. The number of halogens is 1. The van der Waals surface area contributed by atoms with Gasteiger partial charge in [-0.1, -0.05) is 6.07 Å². The van der Waals surface area contributed by atoms with Gasteiger partial charge in [-0.2, -0.15) is 0 Å². The molecule has 1 aliphatic carbocycles. The van der Waals surface area contributed by atoms with Crippen LogP contribution in [0.15, 0.2) is 23.2 Å². The molecule has 3 rings (SSSR count). The minimum Gasteiger partial charge on any atom is -0.493 e. The molecule has 180 valence electrons. The summed E-state index contributed by atoms with van der Waals surface area (Å²) < 4.78 is 16.8. The Morgan fingerprint density at radius 2 is 1.88 bits per heavy atom. The van der Waals surface area contributed by atoms with Crippen LogP contribution in [0.25, 0.3) is 0 Å². The lowest BCUT2D eigenvalue weighted by Gasteiger charge is -2.32. The Bertz CT molecular complexity index is 748. The molecular weight excluding hydrogens is 523 g/mol. The van der Waals surface area contributed by atoms with Crippen molar-refractivity contribution in [3.05, 3.63) is 23.8 Å². The Morgan fingerprint density at radius 3 is 2.50 bits per heavy atom. The third-order valence-corrected chi connectivity index (χ3v) is 5.87. The molecule has 1 aliphatic heterocycles. The molecule has 0 atom stereocenters. The van der Waals surface area contributed by atoms with E-state index in [9.17, 15) is 4.79 Å². The predicted octanol–water partition coefficient (Wildman–Crippen LogP) is 3.92. The molecule has 2 aliphatic rings. The first kappa shape index (κ1) is 26.3. The normalized spacial score (nSPS) is 17.5. The van der Waals surface area contributed by atoms with Gasteiger partial charge < -0.3 is 29.7 Å². The van der Waals surface area contributed by atoms with Crippen LogP contribution in [0.2, 0.25) is 0 Å². The number of carbonyl (C=O) groups is 1. The summed E-state index contributed by atoms with van der Waals surface area (Å²) in [6.07, 6.45) is 6.46. The molecule has 1 aromatic carbocycles. The number of hydrogen-bond acceptors (Lipinski definition) is 5. The average molecular weight is 560 g/mol. The second-order valence-electron chi connectivity index (χ2n) is 8.04. The van der Waals surface area contributed by atoms with Crippen molar-refractivity contribution in [2.45, 2.75) is 64.1 Å². The van der Waals surface area contributed by atoms with Gasteiger partial charge in [0.1, 0.15) is 0 Å². The molecule has 1 heterocycles. The van der Waals surface area contributed by atoms with E-state index in [-0.39, 0.29) is 42.2 Å². The number of nitrogens with one attached hydrogen (secondary N) is 2. The number of methoxy groups -OCH3 is 1. The molecule has 2 N–H and O–H groups in total. The van der Waals surface area contributed by atoms with E-state index in [0.717, 1.165) is 48.7 Å². The third-order valence-electron chi connectivity index (χ3n) is 5.87. The molecule has 0 aromatic heterocycles. The van der Waals surface area contributed by atoms with Crippen LogP contribution in [0, 0.1) is 0 Å². The smallest absolute Gasteiger partial charge is 0.409 e. The summed E-state index contributed by atoms with van der Waals surface area (Å²) in [7, 11) is 3.44. The van der Waals surface area contributed by atoms with Gasteiger partial charge in [-0.3, -0.25) is 4.99 Å². The number of hydrogen-bond donors (Lipinski definition) is 2. The first-order valence-corrected chi connectivity index (χ1v) is 11.3. The highest BCUT2D eigenvalue weighted by Gasteiger charge is 2.24. The molecule has 0 bridgehead atoms. The zero-order valence-corrected chi connectivity index (χ0v) is 21.7. The lowest BCUT2D eigenvalue weighted by atomic mass is 10.1. The Morgan fingerprint density at radius 1 is 1.16 bits per heavy atom. The van der Waals surface area contributed by atoms with E-state index in [1.807, 2.05) is 19.1 Å². The predicted molar refractivity (Wildman–Crippen MR) is 136 cm³/mol. The van der Waals surface area contributed by atoms with Crippen LogP contribution in [0.1, 0.15) is 51.0 Å². The number of rotatable bonds is 7. The third kappa shape index (κ3) is 7.60. The molecule has 0 radical (unpaired) electrons. The molecule has 1 saturated heterocycles. The molecule has 1 saturated carbocycles. The first-order chi connectivity index (χ1) is 15.1. The Labute approximate surface area is 208 Å². The molecule has 1 amide bonds. The van der Waals surface area contributed by atoms with Crippen LogP contribution in [-0.2, 0) is 11.3 Å². The Balaban J connectivity index is 0.00000363. The molecule has 1 aromatic rings. The van der Waals surface area contributed by atoms with Crippen LogP contribution < -0.4 is 20.1 Å². The van der Waals surface area contributed by atoms with Crippen LogP contribution in [-0.4, -0.2) is 63.0 Å². The van der Waals surface area contributed by atoms with Gasteiger partial charge >= 0.3 is 6.09 Å². The van der Waals surface area contributed by atoms with Crippen molar-refractivity contribution in [3.8, 4) is 11.5 Å². The van der Waals surface area contributed by atoms with Gasteiger partial charge in [0.15, 0.2) is 17.5 Å². The van der Waals surface area contributed by atoms with Crippen LogP contribution >= 0.6 is 24.0 Å². The van der Waals surface area contributed by atoms with Crippen molar-refractivity contribution in [1.29, 1.82) is 0 Å². The van der Waals surface area contributed by atoms with E-state index in [0.29, 0.717) is 26.2 Å². The largest absolute Gasteiger partial charge is 0.493 e. The average Bonchev–Trinajstić information content (AvgIpc) is 3.30. The number of carbonyl (C=O) groups excluding carboxylic acids is 1. The van der Waals surface area contributed by atoms with Crippen LogP contribution in [0.5, 0.6) is 11.5 Å². The number of amides is 1. The highest BCUT2D eigenvalue weighted by molar-refractivity contribution is 14.0. The summed E-state index contributed by atoms with van der Waals surface area (Å²) in [4.78, 5) is 18.0. The standard InChI is InChI=1S/C23H36N4O4.HI/c1-4-30-23(28)27-13-11-18(12-14-27)26-22(24-2)25-16-17-9-10-20(29-3)21(15-17)31-19-7-5-6-8-19;/h9-10,15,18-19H,4-8,11-14,16H2,1-3H3,(H2,24,25,26);1H. The highest BCUT2D eigenvalue weighted by Crippen LogP contribution is 2.32. The number of piperidine rings is 1. The number of benzene rings is 1. The van der Waals surface area contributed by atoms with Crippen LogP contribution in [0.3, 0.4) is 0 Å². The molecule has 2 fully saturated rings. The van der Waals surface area contributed by atoms with Gasteiger partial charge in [0.05, 0.1) is 19.8 Å². The minimum absolute atomic E-state index is 0. The zero-order valence-electron chi connectivity index (χ0n) is 19.4. The molecular formula is C23H37IN4O4. The summed E-state index contributed by atoms with van der Waals surface area (Å²) in [6.45, 7) is 4.24. The van der Waals surface area contributed by atoms with Gasteiger partial charge in [-0.05, 0) is 63.1 Å². The zero-order chi connectivity index (χ0) is 22.1. The topological polar surface area (TPSA) is 84.4 Å². The van der Waals surface area contributed by atoms with E-state index in [2.05, 4.69) is 21.7 Å². The maximum Gasteiger partial charge on any atom is 0.409 e. The Hall–Kier alpha value is -1.91. The van der Waals surface area contributed by atoms with Gasteiger partial charge in [0.2, 0.25) is 0 Å². The number of ether oxygens (including phenoxy) is 3. The molecule has 0 spiro atoms. The quantitative estimate of drug-likeness (QED) is 0.299. The number of aliphatic imine (C=N–C) groups is 1. The highest BCUT2D eigenvalue weighted by atomic mass is 127. The van der Waals surface area contributed by atoms with Crippen molar-refractivity contribution in [1.82, 2.24) is 15.5 Å². The number of likely N-dealkylation sites (tertiary alicyclic amines) is 1. The van der Waals surface area contributed by atoms with Gasteiger partial charge in [0, 0.05) is 32.7 Å². The van der Waals surface area contributed by atoms with Gasteiger partial charge in [-0.15, -0.1) is 24.0 Å². The summed E-state index contributed by atoms with van der Waals surface area (Å²) in [5.41, 5.74) is 1.11. The summed E-state index contributed by atoms with van der Waals surface area (Å²) in [5.74, 6) is 2.33. The summed E-state index contributed by atoms with van der Waals surface area (Å²) >= 11 is 0. The summed E-state index contributed by atoms with van der Waals surface area (Å²) in [6, 6.07) is 6.32. The van der Waals surface area contributed by atoms with Crippen molar-refractivity contribution in [2.75, 3.05) is 33.9 Å². The SMILES string of the molecule is CCOC(=O)N1CCC(NC(=NC)NCc2ccc(OC)c(OC3CCCC3)c2)CC1.I. The second kappa shape index (κ2) is 13.6. The lowest BCUT2D eigenvalue weighted by Crippen LogP contribution is -2.49. The van der Waals surface area contributed by atoms with E-state index in [4.69, 9.17) is 14.2 Å². The summed E-state index contributed by atoms with van der Waals surface area (Å²) in [5, 5.41) is 6.85. The van der Waals surface area contributed by atoms with Crippen molar-refractivity contribution >= 4 is 36.0 Å². The van der Waals surface area contributed by atoms with Gasteiger partial charge in [0.25, 0.3) is 0 Å². The van der Waals surface area contributed by atoms with Crippen molar-refractivity contribution < 1.29 is 19.0 Å². The molecule has 9 heteroatoms. The molecule has 8 nitrogen and oxygen atoms in total. The first-order valence-electron chi connectivity index (χ1n) is 11.3. The fourth-order valence-electron chi connectivity index (χ4n) is 4.10. The van der Waals surface area contributed by atoms with Crippen LogP contribution in [0.4, 0.5) is 4.79 Å². The molecule has 0 unspecified atom stereocenters. The number of guanidine groups is 1.